The van der Waals surface area contributed by atoms with Crippen LogP contribution in [0.25, 0.3) is 22.5 Å². The predicted octanol–water partition coefficient (Wildman–Crippen LogP) is 5.80. The Balaban J connectivity index is 1.41. The third-order valence-corrected chi connectivity index (χ3v) is 6.47. The topological polar surface area (TPSA) is 112 Å². The van der Waals surface area contributed by atoms with Gasteiger partial charge in [-0.3, -0.25) is 0 Å². The molecule has 0 saturated carbocycles. The smallest absolute Gasteiger partial charge is 0.323 e. The van der Waals surface area contributed by atoms with Gasteiger partial charge in [-0.25, -0.2) is 14.9 Å². The Morgan fingerprint density at radius 2 is 1.76 bits per heavy atom. The molecule has 3 aromatic carbocycles. The lowest BCUT2D eigenvalue weighted by Crippen LogP contribution is -2.27. The minimum Gasteiger partial charge on any atom is -0.340 e. The van der Waals surface area contributed by atoms with Gasteiger partial charge in [0.15, 0.2) is 5.82 Å². The number of amides is 2. The summed E-state index contributed by atoms with van der Waals surface area (Å²) in [5, 5.41) is 20.1. The fourth-order valence-corrected chi connectivity index (χ4v) is 4.77. The molecule has 0 radical (unpaired) electrons. The lowest BCUT2D eigenvalue weighted by molar-refractivity contribution is 0.262. The molecule has 0 aliphatic carbocycles. The molecule has 38 heavy (non-hydrogen) atoms. The van der Waals surface area contributed by atoms with Crippen LogP contribution in [0.1, 0.15) is 12.0 Å². The highest BCUT2D eigenvalue weighted by Gasteiger charge is 2.22. The molecular formula is C28H23FN8O. The van der Waals surface area contributed by atoms with Gasteiger partial charge in [-0.05, 0) is 70.3 Å². The molecule has 3 N–H and O–H groups in total. The Morgan fingerprint density at radius 3 is 2.58 bits per heavy atom. The number of aryl methyl sites for hydroxylation is 1. The van der Waals surface area contributed by atoms with Crippen molar-refractivity contribution in [3.63, 3.8) is 0 Å². The number of anilines is 4. The summed E-state index contributed by atoms with van der Waals surface area (Å²) in [4.78, 5) is 18.9. The maximum atomic E-state index is 13.2. The van der Waals surface area contributed by atoms with Gasteiger partial charge in [-0.15, -0.1) is 5.10 Å². The minimum absolute atomic E-state index is 0.382. The molecule has 5 aromatic rings. The molecule has 1 aliphatic heterocycles. The number of hydrogen-bond donors (Lipinski definition) is 3. The SMILES string of the molecule is O=C(Nc1ccc(F)nc1)Nc1cc(-c2ccccc2-c2nnn[nH]2)ccc1N1CCCc2ccccc21. The van der Waals surface area contributed by atoms with E-state index in [4.69, 9.17) is 0 Å². The van der Waals surface area contributed by atoms with Crippen molar-refractivity contribution >= 4 is 28.8 Å². The second-order valence-electron chi connectivity index (χ2n) is 8.86. The number of fused-ring (bicyclic) bond motifs is 1. The minimum atomic E-state index is -0.615. The summed E-state index contributed by atoms with van der Waals surface area (Å²) in [6, 6.07) is 24.3. The lowest BCUT2D eigenvalue weighted by atomic mass is 9.97. The number of tetrazole rings is 1. The second kappa shape index (κ2) is 10.1. The number of para-hydroxylation sites is 1. The average Bonchev–Trinajstić information content (AvgIpc) is 3.49. The Morgan fingerprint density at radius 1 is 0.921 bits per heavy atom. The van der Waals surface area contributed by atoms with Gasteiger partial charge < -0.3 is 15.5 Å². The quantitative estimate of drug-likeness (QED) is 0.260. The number of halogens is 1. The van der Waals surface area contributed by atoms with Crippen LogP contribution >= 0.6 is 0 Å². The molecule has 0 bridgehead atoms. The number of benzene rings is 3. The zero-order valence-electron chi connectivity index (χ0n) is 20.2. The first-order chi connectivity index (χ1) is 18.7. The number of pyridine rings is 1. The van der Waals surface area contributed by atoms with Crippen molar-refractivity contribution in [2.45, 2.75) is 12.8 Å². The summed E-state index contributed by atoms with van der Waals surface area (Å²) in [5.74, 6) is -0.0685. The van der Waals surface area contributed by atoms with Crippen molar-refractivity contribution in [2.75, 3.05) is 22.1 Å². The molecule has 3 heterocycles. The van der Waals surface area contributed by atoms with Crippen molar-refractivity contribution in [3.05, 3.63) is 96.6 Å². The van der Waals surface area contributed by atoms with Gasteiger partial charge in [-0.2, -0.15) is 4.39 Å². The van der Waals surface area contributed by atoms with E-state index in [1.54, 1.807) is 0 Å². The van der Waals surface area contributed by atoms with E-state index in [0.717, 1.165) is 47.5 Å². The third kappa shape index (κ3) is 4.66. The number of aromatic nitrogens is 5. The van der Waals surface area contributed by atoms with E-state index in [9.17, 15) is 9.18 Å². The van der Waals surface area contributed by atoms with Gasteiger partial charge in [0.2, 0.25) is 5.95 Å². The Kier molecular flexibility index (Phi) is 6.19. The van der Waals surface area contributed by atoms with Gasteiger partial charge in [0.25, 0.3) is 0 Å². The number of urea groups is 1. The third-order valence-electron chi connectivity index (χ3n) is 6.47. The molecule has 0 atom stereocenters. The molecule has 2 aromatic heterocycles. The average molecular weight is 507 g/mol. The standard InChI is InChI=1S/C28H23FN8O/c29-26-14-12-20(17-30-26)31-28(38)32-23-16-19(21-8-2-3-9-22(21)27-33-35-36-34-27)11-13-25(23)37-15-5-7-18-6-1-4-10-24(18)37/h1-4,6,8-14,16-17H,5,7,15H2,(H2,31,32,38)(H,33,34,35,36). The van der Waals surface area contributed by atoms with E-state index < -0.39 is 12.0 Å². The summed E-state index contributed by atoms with van der Waals surface area (Å²) in [6.07, 6.45) is 3.27. The number of aromatic amines is 1. The molecule has 6 rings (SSSR count). The van der Waals surface area contributed by atoms with Gasteiger partial charge in [0, 0.05) is 17.8 Å². The first-order valence-corrected chi connectivity index (χ1v) is 12.2. The van der Waals surface area contributed by atoms with E-state index in [0.29, 0.717) is 17.2 Å². The van der Waals surface area contributed by atoms with Gasteiger partial charge in [-0.1, -0.05) is 48.5 Å². The molecular weight excluding hydrogens is 483 g/mol. The number of H-pyrrole nitrogens is 1. The zero-order valence-corrected chi connectivity index (χ0v) is 20.2. The summed E-state index contributed by atoms with van der Waals surface area (Å²) in [7, 11) is 0. The van der Waals surface area contributed by atoms with Crippen molar-refractivity contribution in [1.82, 2.24) is 25.6 Å². The first kappa shape index (κ1) is 23.3. The van der Waals surface area contributed by atoms with Crippen LogP contribution in [-0.2, 0) is 6.42 Å². The molecule has 10 heteroatoms. The fourth-order valence-electron chi connectivity index (χ4n) is 4.77. The van der Waals surface area contributed by atoms with E-state index >= 15 is 0 Å². The van der Waals surface area contributed by atoms with Gasteiger partial charge in [0.05, 0.1) is 23.3 Å². The van der Waals surface area contributed by atoms with Crippen molar-refractivity contribution in [3.8, 4) is 22.5 Å². The molecule has 1 aliphatic rings. The van der Waals surface area contributed by atoms with Crippen molar-refractivity contribution in [2.24, 2.45) is 0 Å². The highest BCUT2D eigenvalue weighted by molar-refractivity contribution is 6.03. The van der Waals surface area contributed by atoms with E-state index in [-0.39, 0.29) is 0 Å². The van der Waals surface area contributed by atoms with Crippen LogP contribution in [0.5, 0.6) is 0 Å². The second-order valence-corrected chi connectivity index (χ2v) is 8.86. The van der Waals surface area contributed by atoms with E-state index in [1.807, 2.05) is 54.6 Å². The molecule has 0 unspecified atom stereocenters. The zero-order chi connectivity index (χ0) is 25.9. The molecule has 9 nitrogen and oxygen atoms in total. The predicted molar refractivity (Wildman–Crippen MR) is 144 cm³/mol. The van der Waals surface area contributed by atoms with E-state index in [2.05, 4.69) is 53.3 Å². The maximum absolute atomic E-state index is 13.2. The molecule has 0 fully saturated rings. The van der Waals surface area contributed by atoms with Crippen LogP contribution in [-0.4, -0.2) is 38.2 Å². The summed E-state index contributed by atoms with van der Waals surface area (Å²) < 4.78 is 13.2. The number of nitrogens with zero attached hydrogens (tertiary/aromatic N) is 5. The Bertz CT molecular complexity index is 1590. The maximum Gasteiger partial charge on any atom is 0.323 e. The van der Waals surface area contributed by atoms with Crippen LogP contribution in [0, 0.1) is 5.95 Å². The largest absolute Gasteiger partial charge is 0.340 e. The Hall–Kier alpha value is -5.12. The molecule has 0 spiro atoms. The van der Waals surface area contributed by atoms with Crippen LogP contribution in [0.3, 0.4) is 0 Å². The summed E-state index contributed by atoms with van der Waals surface area (Å²) in [6.45, 7) is 0.814. The summed E-state index contributed by atoms with van der Waals surface area (Å²) >= 11 is 0. The monoisotopic (exact) mass is 506 g/mol. The normalized spacial score (nSPS) is 12.6. The number of carbonyl (C=O) groups excluding carboxylic acids is 1. The highest BCUT2D eigenvalue weighted by atomic mass is 19.1. The molecule has 2 amide bonds. The molecule has 188 valence electrons. The number of rotatable bonds is 5. The summed E-state index contributed by atoms with van der Waals surface area (Å²) in [5.41, 5.74) is 6.87. The van der Waals surface area contributed by atoms with Crippen LogP contribution in [0.2, 0.25) is 0 Å². The Labute approximate surface area is 217 Å². The highest BCUT2D eigenvalue weighted by Crippen LogP contribution is 2.40. The van der Waals surface area contributed by atoms with Gasteiger partial charge in [0.1, 0.15) is 0 Å². The molecule has 0 saturated heterocycles. The fraction of sp³-hybridized carbons (Fsp3) is 0.107. The first-order valence-electron chi connectivity index (χ1n) is 12.2. The number of hydrogen-bond acceptors (Lipinski definition) is 6. The van der Waals surface area contributed by atoms with Crippen LogP contribution < -0.4 is 15.5 Å². The number of carbonyl (C=O) groups is 1. The van der Waals surface area contributed by atoms with E-state index in [1.165, 1.54) is 23.9 Å². The van der Waals surface area contributed by atoms with Crippen LogP contribution in [0.4, 0.5) is 31.9 Å². The van der Waals surface area contributed by atoms with Crippen LogP contribution in [0.15, 0.2) is 85.1 Å². The number of nitrogens with one attached hydrogen (secondary N) is 3. The lowest BCUT2D eigenvalue weighted by Gasteiger charge is -2.33. The van der Waals surface area contributed by atoms with Gasteiger partial charge >= 0.3 is 6.03 Å². The van der Waals surface area contributed by atoms with Crippen molar-refractivity contribution in [1.29, 1.82) is 0 Å². The van der Waals surface area contributed by atoms with Crippen molar-refractivity contribution < 1.29 is 9.18 Å².